The van der Waals surface area contributed by atoms with Crippen LogP contribution in [0.4, 0.5) is 0 Å². The number of carbonyl (C=O) groups is 2. The van der Waals surface area contributed by atoms with E-state index in [1.165, 1.54) is 77.0 Å². The Bertz CT molecular complexity index is 423. The van der Waals surface area contributed by atoms with Crippen molar-refractivity contribution in [1.29, 1.82) is 0 Å². The van der Waals surface area contributed by atoms with E-state index in [0.29, 0.717) is 17.3 Å². The summed E-state index contributed by atoms with van der Waals surface area (Å²) >= 11 is 3.75. The number of hydrogen-bond acceptors (Lipinski definition) is 4. The Kier molecular flexibility index (Phi) is 21.5. The first-order valence-electron chi connectivity index (χ1n) is 12.0. The Morgan fingerprint density at radius 1 is 0.552 bits per heavy atom. The normalized spacial score (nSPS) is 10.7. The van der Waals surface area contributed by atoms with E-state index in [4.69, 9.17) is 0 Å². The average molecular weight is 452 g/mol. The third-order valence-electron chi connectivity index (χ3n) is 5.15. The van der Waals surface area contributed by atoms with Gasteiger partial charge in [0, 0.05) is 0 Å². The predicted molar refractivity (Wildman–Crippen MR) is 116 cm³/mol. The van der Waals surface area contributed by atoms with Gasteiger partial charge in [-0.2, -0.15) is 0 Å². The van der Waals surface area contributed by atoms with Gasteiger partial charge in [-0.25, -0.2) is 0 Å². The van der Waals surface area contributed by atoms with Crippen LogP contribution in [0.1, 0.15) is 136 Å². The second-order valence-corrected chi connectivity index (χ2v) is 8.69. The van der Waals surface area contributed by atoms with Crippen LogP contribution in [0.3, 0.4) is 0 Å². The van der Waals surface area contributed by atoms with Crippen LogP contribution in [0.5, 0.6) is 0 Å². The molecule has 5 heteroatoms. The third kappa shape index (κ3) is 20.4. The molecule has 0 unspecified atom stereocenters. The van der Waals surface area contributed by atoms with E-state index >= 15 is 0 Å². The van der Waals surface area contributed by atoms with Crippen molar-refractivity contribution < 1.29 is 34.9 Å². The molecule has 4 nitrogen and oxygen atoms in total. The van der Waals surface area contributed by atoms with Gasteiger partial charge in [0.25, 0.3) is 0 Å². The van der Waals surface area contributed by atoms with Crippen molar-refractivity contribution in [3.63, 3.8) is 0 Å². The Morgan fingerprint density at radius 3 is 1.38 bits per heavy atom. The van der Waals surface area contributed by atoms with Crippen molar-refractivity contribution >= 4 is 16.4 Å². The minimum atomic E-state index is -0.617. The monoisotopic (exact) mass is 452 g/mol. The van der Waals surface area contributed by atoms with Crippen LogP contribution in [0.25, 0.3) is 0 Å². The molecule has 172 valence electrons. The van der Waals surface area contributed by atoms with Crippen LogP contribution in [-0.2, 0) is 34.9 Å². The fourth-order valence-electron chi connectivity index (χ4n) is 3.26. The molecule has 0 atom stereocenters. The van der Waals surface area contributed by atoms with Gasteiger partial charge in [-0.1, -0.05) is 26.2 Å². The van der Waals surface area contributed by atoms with Gasteiger partial charge in [-0.05, 0) is 0 Å². The Balaban J connectivity index is 3.50. The van der Waals surface area contributed by atoms with Gasteiger partial charge < -0.3 is 0 Å². The molecule has 0 aromatic carbocycles. The molecule has 0 bridgehead atoms. The zero-order valence-electron chi connectivity index (χ0n) is 18.9. The van der Waals surface area contributed by atoms with Crippen LogP contribution in [0.2, 0.25) is 0 Å². The molecule has 0 rings (SSSR count). The van der Waals surface area contributed by atoms with Crippen LogP contribution < -0.4 is 0 Å². The zero-order valence-corrected chi connectivity index (χ0v) is 20.0. The fourth-order valence-corrected chi connectivity index (χ4v) is 3.50. The second kappa shape index (κ2) is 22.0. The first kappa shape index (κ1) is 28.3. The summed E-state index contributed by atoms with van der Waals surface area (Å²) < 4.78 is 0.381. The molecule has 0 aliphatic heterocycles. The van der Waals surface area contributed by atoms with Crippen molar-refractivity contribution in [2.24, 2.45) is 0 Å². The van der Waals surface area contributed by atoms with E-state index in [9.17, 15) is 9.59 Å². The third-order valence-corrected chi connectivity index (χ3v) is 5.66. The minimum absolute atomic E-state index is 0.299. The van der Waals surface area contributed by atoms with Gasteiger partial charge in [0.05, 0.1) is 0 Å². The summed E-state index contributed by atoms with van der Waals surface area (Å²) in [6.45, 7) is 4.45. The van der Waals surface area contributed by atoms with E-state index < -0.39 is 11.9 Å². The van der Waals surface area contributed by atoms with Crippen molar-refractivity contribution in [2.45, 2.75) is 136 Å². The average Bonchev–Trinajstić information content (AvgIpc) is 2.72. The van der Waals surface area contributed by atoms with Gasteiger partial charge in [0.1, 0.15) is 0 Å². The molecule has 0 saturated heterocycles. The molecule has 0 aromatic rings. The van der Waals surface area contributed by atoms with E-state index in [0.717, 1.165) is 32.1 Å². The first-order chi connectivity index (χ1) is 14.1. The summed E-state index contributed by atoms with van der Waals surface area (Å²) in [5.41, 5.74) is 0. The topological polar surface area (TPSA) is 52.6 Å². The summed E-state index contributed by atoms with van der Waals surface area (Å²) in [5.74, 6) is -1.09. The van der Waals surface area contributed by atoms with Crippen molar-refractivity contribution in [2.75, 3.05) is 0 Å². The number of carbonyl (C=O) groups excluding carboxylic acids is 2. The molecule has 0 aliphatic carbocycles. The molecule has 0 saturated carbocycles. The van der Waals surface area contributed by atoms with E-state index in [2.05, 4.69) is 39.2 Å². The van der Waals surface area contributed by atoms with Gasteiger partial charge in [0.2, 0.25) is 0 Å². The Labute approximate surface area is 187 Å². The first-order valence-corrected chi connectivity index (χ1v) is 12.6. The predicted octanol–water partition coefficient (Wildman–Crippen LogP) is 7.16. The molecule has 0 fully saturated rings. The van der Waals surface area contributed by atoms with Crippen molar-refractivity contribution in [3.05, 3.63) is 0 Å². The number of unbranched alkanes of at least 4 members (excludes halogenated alkanes) is 15. The molecule has 0 heterocycles. The van der Waals surface area contributed by atoms with Crippen molar-refractivity contribution in [3.8, 4) is 0 Å². The Morgan fingerprint density at radius 2 is 0.931 bits per heavy atom. The van der Waals surface area contributed by atoms with Gasteiger partial charge >= 0.3 is 161 Å². The number of hydrogen-bond donors (Lipinski definition) is 0. The van der Waals surface area contributed by atoms with Gasteiger partial charge in [-0.3, -0.25) is 0 Å². The van der Waals surface area contributed by atoms with Crippen molar-refractivity contribution in [1.82, 2.24) is 0 Å². The van der Waals surface area contributed by atoms with Crippen LogP contribution in [0, 0.1) is 0 Å². The SMILES string of the molecule is CCCCCCCCCCCC(=O)OOC(=O)[C](=[Fe])CCCCCCCCCC. The van der Waals surface area contributed by atoms with E-state index in [1.807, 2.05) is 0 Å². The molecular formula is C24H44FeO4. The Hall–Kier alpha value is -0.671. The van der Waals surface area contributed by atoms with Crippen LogP contribution in [-0.4, -0.2) is 16.4 Å². The van der Waals surface area contributed by atoms with Crippen LogP contribution >= 0.6 is 0 Å². The summed E-state index contributed by atoms with van der Waals surface area (Å²) in [7, 11) is 0. The molecule has 0 radical (unpaired) electrons. The maximum atomic E-state index is 11.8. The quantitative estimate of drug-likeness (QED) is 0.0851. The fraction of sp³-hybridized carbons (Fsp3) is 0.875. The molecule has 0 spiro atoms. The maximum absolute atomic E-state index is 11.8. The summed E-state index contributed by atoms with van der Waals surface area (Å²) in [6.07, 6.45) is 21.3. The molecule has 0 amide bonds. The second-order valence-electron chi connectivity index (χ2n) is 8.02. The molecule has 0 N–H and O–H groups in total. The van der Waals surface area contributed by atoms with E-state index in [1.54, 1.807) is 0 Å². The molecule has 0 aromatic heterocycles. The number of rotatable bonds is 20. The molecule has 0 aliphatic rings. The summed E-state index contributed by atoms with van der Waals surface area (Å²) in [6, 6.07) is 0. The standard InChI is InChI=1S/C24H44O4.Fe/c1-3-5-7-9-11-13-15-17-19-21-23(25)27-28-24(26)22-20-18-16-14-12-10-8-6-4-2;/h3-21H2,1-2H3;. The molecule has 29 heavy (non-hydrogen) atoms. The summed E-state index contributed by atoms with van der Waals surface area (Å²) in [5, 5.41) is 0. The zero-order chi connectivity index (χ0) is 21.6. The molecular weight excluding hydrogens is 408 g/mol. The summed E-state index contributed by atoms with van der Waals surface area (Å²) in [4.78, 5) is 32.7. The van der Waals surface area contributed by atoms with Crippen LogP contribution in [0.15, 0.2) is 0 Å². The van der Waals surface area contributed by atoms with E-state index in [-0.39, 0.29) is 0 Å². The van der Waals surface area contributed by atoms with Gasteiger partial charge in [0.15, 0.2) is 0 Å². The van der Waals surface area contributed by atoms with Gasteiger partial charge in [-0.15, -0.1) is 0 Å².